The van der Waals surface area contributed by atoms with Gasteiger partial charge in [0, 0.05) is 5.56 Å². The van der Waals surface area contributed by atoms with Crippen LogP contribution < -0.4 is 0 Å². The molecule has 0 N–H and O–H groups in total. The first-order valence-electron chi connectivity index (χ1n) is 7.81. The van der Waals surface area contributed by atoms with Crippen LogP contribution in [0.5, 0.6) is 0 Å². The minimum Gasteiger partial charge on any atom is -0.293 e. The summed E-state index contributed by atoms with van der Waals surface area (Å²) in [5.74, 6) is 0.215. The molecule has 1 nitrogen and oxygen atoms in total. The van der Waals surface area contributed by atoms with Gasteiger partial charge in [0.1, 0.15) is 0 Å². The summed E-state index contributed by atoms with van der Waals surface area (Å²) in [7, 11) is 0. The lowest BCUT2D eigenvalue weighted by Gasteiger charge is -2.27. The molecule has 0 saturated heterocycles. The van der Waals surface area contributed by atoms with Crippen LogP contribution in [-0.4, -0.2) is 5.78 Å². The zero-order chi connectivity index (χ0) is 15.8. The Bertz CT molecular complexity index is 710. The van der Waals surface area contributed by atoms with Crippen molar-refractivity contribution < 1.29 is 4.79 Å². The van der Waals surface area contributed by atoms with E-state index >= 15 is 0 Å². The smallest absolute Gasteiger partial charge is 0.172 e. The summed E-state index contributed by atoms with van der Waals surface area (Å²) in [6.07, 6.45) is 3.04. The maximum absolute atomic E-state index is 13.0. The first-order valence-corrected chi connectivity index (χ1v) is 7.81. The van der Waals surface area contributed by atoms with E-state index in [-0.39, 0.29) is 11.2 Å². The molecule has 3 rings (SSSR count). The molecule has 1 aliphatic rings. The van der Waals surface area contributed by atoms with Crippen molar-refractivity contribution in [3.63, 3.8) is 0 Å². The average molecular weight is 290 g/mol. The van der Waals surface area contributed by atoms with Gasteiger partial charge in [0.05, 0.1) is 5.41 Å². The van der Waals surface area contributed by atoms with Gasteiger partial charge in [-0.05, 0) is 29.9 Å². The Kier molecular flexibility index (Phi) is 3.52. The highest BCUT2D eigenvalue weighted by Gasteiger charge is 2.45. The van der Waals surface area contributed by atoms with Gasteiger partial charge in [-0.2, -0.15) is 0 Å². The van der Waals surface area contributed by atoms with Crippen LogP contribution in [0.25, 0.3) is 5.57 Å². The predicted molar refractivity (Wildman–Crippen MR) is 91.7 cm³/mol. The predicted octanol–water partition coefficient (Wildman–Crippen LogP) is 5.39. The fraction of sp³-hybridized carbons (Fsp3) is 0.286. The molecule has 2 aromatic carbocycles. The molecule has 2 aromatic rings. The third-order valence-electron chi connectivity index (χ3n) is 4.64. The van der Waals surface area contributed by atoms with Crippen LogP contribution in [0.3, 0.4) is 0 Å². The van der Waals surface area contributed by atoms with E-state index in [1.54, 1.807) is 0 Å². The maximum Gasteiger partial charge on any atom is 0.172 e. The van der Waals surface area contributed by atoms with Gasteiger partial charge < -0.3 is 0 Å². The van der Waals surface area contributed by atoms with Crippen molar-refractivity contribution >= 4 is 11.4 Å². The molecule has 1 heteroatoms. The van der Waals surface area contributed by atoms with Crippen LogP contribution in [-0.2, 0) is 0 Å². The second kappa shape index (κ2) is 5.24. The molecule has 1 atom stereocenters. The number of allylic oxidation sites excluding steroid dienone is 2. The summed E-state index contributed by atoms with van der Waals surface area (Å²) in [5.41, 5.74) is 2.86. The van der Waals surface area contributed by atoms with E-state index in [1.807, 2.05) is 36.4 Å². The van der Waals surface area contributed by atoms with Crippen molar-refractivity contribution in [1.29, 1.82) is 0 Å². The van der Waals surface area contributed by atoms with E-state index in [1.165, 1.54) is 11.1 Å². The summed E-state index contributed by atoms with van der Waals surface area (Å²) in [4.78, 5) is 13.0. The number of ketones is 1. The number of benzene rings is 2. The monoisotopic (exact) mass is 290 g/mol. The van der Waals surface area contributed by atoms with Crippen LogP contribution in [0.15, 0.2) is 66.7 Å². The summed E-state index contributed by atoms with van der Waals surface area (Å²) in [6, 6.07) is 20.0. The first-order chi connectivity index (χ1) is 10.4. The molecule has 0 unspecified atom stereocenters. The maximum atomic E-state index is 13.0. The summed E-state index contributed by atoms with van der Waals surface area (Å²) >= 11 is 0. The van der Waals surface area contributed by atoms with E-state index in [4.69, 9.17) is 0 Å². The third kappa shape index (κ3) is 2.52. The molecule has 1 aliphatic carbocycles. The van der Waals surface area contributed by atoms with Crippen molar-refractivity contribution in [2.45, 2.75) is 27.2 Å². The molecular formula is C21H22O. The Morgan fingerprint density at radius 1 is 0.864 bits per heavy atom. The fourth-order valence-electron chi connectivity index (χ4n) is 3.74. The van der Waals surface area contributed by atoms with Gasteiger partial charge in [0.25, 0.3) is 0 Å². The van der Waals surface area contributed by atoms with Crippen LogP contribution in [0.1, 0.15) is 43.1 Å². The van der Waals surface area contributed by atoms with E-state index in [0.717, 1.165) is 12.0 Å². The van der Waals surface area contributed by atoms with Gasteiger partial charge in [0.15, 0.2) is 5.78 Å². The van der Waals surface area contributed by atoms with Crippen molar-refractivity contribution in [3.05, 3.63) is 77.9 Å². The van der Waals surface area contributed by atoms with Crippen molar-refractivity contribution in [1.82, 2.24) is 0 Å². The highest BCUT2D eigenvalue weighted by Crippen LogP contribution is 2.53. The van der Waals surface area contributed by atoms with E-state index in [9.17, 15) is 4.79 Å². The number of rotatable bonds is 3. The van der Waals surface area contributed by atoms with Gasteiger partial charge in [-0.25, -0.2) is 0 Å². The van der Waals surface area contributed by atoms with E-state index in [2.05, 4.69) is 51.1 Å². The van der Waals surface area contributed by atoms with Gasteiger partial charge in [-0.1, -0.05) is 80.6 Å². The van der Waals surface area contributed by atoms with Gasteiger partial charge in [-0.3, -0.25) is 4.79 Å². The average Bonchev–Trinajstić information content (AvgIpc) is 2.79. The lowest BCUT2D eigenvalue weighted by molar-refractivity contribution is 0.0846. The fourth-order valence-corrected chi connectivity index (χ4v) is 3.74. The molecule has 0 saturated carbocycles. The van der Waals surface area contributed by atoms with Crippen LogP contribution in [0.4, 0.5) is 0 Å². The second-order valence-corrected chi connectivity index (χ2v) is 7.10. The Labute approximate surface area is 132 Å². The zero-order valence-corrected chi connectivity index (χ0v) is 13.5. The number of Topliss-reactive ketones (excluding diaryl/α,β-unsaturated/α-hetero) is 1. The molecule has 0 amide bonds. The minimum atomic E-state index is -0.434. The Morgan fingerprint density at radius 3 is 2.00 bits per heavy atom. The van der Waals surface area contributed by atoms with Crippen LogP contribution in [0.2, 0.25) is 0 Å². The van der Waals surface area contributed by atoms with Gasteiger partial charge >= 0.3 is 0 Å². The molecular weight excluding hydrogens is 268 g/mol. The van der Waals surface area contributed by atoms with E-state index < -0.39 is 5.41 Å². The van der Waals surface area contributed by atoms with Crippen LogP contribution in [0, 0.1) is 10.8 Å². The number of hydrogen-bond donors (Lipinski definition) is 0. The molecule has 0 bridgehead atoms. The number of carbonyl (C=O) groups excluding carboxylic acids is 1. The molecule has 0 aliphatic heterocycles. The third-order valence-corrected chi connectivity index (χ3v) is 4.64. The van der Waals surface area contributed by atoms with Crippen molar-refractivity contribution in [3.8, 4) is 0 Å². The van der Waals surface area contributed by atoms with Crippen molar-refractivity contribution in [2.75, 3.05) is 0 Å². The molecule has 0 heterocycles. The molecule has 0 aromatic heterocycles. The summed E-state index contributed by atoms with van der Waals surface area (Å²) < 4.78 is 0. The van der Waals surface area contributed by atoms with E-state index in [0.29, 0.717) is 0 Å². The van der Waals surface area contributed by atoms with Gasteiger partial charge in [0.2, 0.25) is 0 Å². The standard InChI is InChI=1S/C21H22O/c1-20(2)15-21(3,19(22)17-12-8-5-9-13-17)14-18(20)16-10-6-4-7-11-16/h4-14H,15H2,1-3H3/t21-/m1/s1. The number of hydrogen-bond acceptors (Lipinski definition) is 1. The second-order valence-electron chi connectivity index (χ2n) is 7.10. The minimum absolute atomic E-state index is 0.000539. The Morgan fingerprint density at radius 2 is 1.41 bits per heavy atom. The Hall–Kier alpha value is -2.15. The largest absolute Gasteiger partial charge is 0.293 e. The van der Waals surface area contributed by atoms with Gasteiger partial charge in [-0.15, -0.1) is 0 Å². The summed E-state index contributed by atoms with van der Waals surface area (Å²) in [5, 5.41) is 0. The molecule has 0 radical (unpaired) electrons. The number of carbonyl (C=O) groups is 1. The zero-order valence-electron chi connectivity index (χ0n) is 13.5. The molecule has 0 fully saturated rings. The SMILES string of the molecule is CC1(C)C[C@](C)(C(=O)c2ccccc2)C=C1c1ccccc1. The van der Waals surface area contributed by atoms with Crippen molar-refractivity contribution in [2.24, 2.45) is 10.8 Å². The molecule has 22 heavy (non-hydrogen) atoms. The molecule has 112 valence electrons. The lowest BCUT2D eigenvalue weighted by atomic mass is 9.75. The normalized spacial score (nSPS) is 23.1. The summed E-state index contributed by atoms with van der Waals surface area (Å²) in [6.45, 7) is 6.53. The highest BCUT2D eigenvalue weighted by atomic mass is 16.1. The van der Waals surface area contributed by atoms with Crippen LogP contribution >= 0.6 is 0 Å². The lowest BCUT2D eigenvalue weighted by Crippen LogP contribution is -2.26. The highest BCUT2D eigenvalue weighted by molar-refractivity contribution is 6.03. The Balaban J connectivity index is 2.03. The topological polar surface area (TPSA) is 17.1 Å². The molecule has 0 spiro atoms. The first kappa shape index (κ1) is 14.8. The quantitative estimate of drug-likeness (QED) is 0.693.